The molecular formula is C23H28P2. The molecule has 0 aliphatic carbocycles. The Morgan fingerprint density at radius 3 is 1.20 bits per heavy atom. The minimum absolute atomic E-state index is 0.446. The Kier molecular flexibility index (Phi) is 9.50. The third-order valence-electron chi connectivity index (χ3n) is 3.85. The van der Waals surface area contributed by atoms with Gasteiger partial charge in [-0.3, -0.25) is 0 Å². The molecule has 0 spiro atoms. The Balaban J connectivity index is 0.000000326. The van der Waals surface area contributed by atoms with Crippen molar-refractivity contribution in [3.05, 3.63) is 91.0 Å². The number of hydrogen-bond donors (Lipinski definition) is 0. The zero-order chi connectivity index (χ0) is 17.7. The second kappa shape index (κ2) is 12.0. The summed E-state index contributed by atoms with van der Waals surface area (Å²) >= 11 is 0. The van der Waals surface area contributed by atoms with Gasteiger partial charge in [0.15, 0.2) is 0 Å². The van der Waals surface area contributed by atoms with Crippen molar-refractivity contribution >= 4 is 33.1 Å². The van der Waals surface area contributed by atoms with E-state index in [1.807, 2.05) is 0 Å². The molecule has 2 heteroatoms. The summed E-state index contributed by atoms with van der Waals surface area (Å²) < 4.78 is 0. The topological polar surface area (TPSA) is 0 Å². The van der Waals surface area contributed by atoms with Gasteiger partial charge in [0.05, 0.1) is 0 Å². The Hall–Kier alpha value is -1.48. The molecule has 130 valence electrons. The summed E-state index contributed by atoms with van der Waals surface area (Å²) in [4.78, 5) is 0. The molecule has 0 heterocycles. The van der Waals surface area contributed by atoms with E-state index in [9.17, 15) is 0 Å². The first-order valence-corrected chi connectivity index (χ1v) is 11.2. The predicted molar refractivity (Wildman–Crippen MR) is 119 cm³/mol. The summed E-state index contributed by atoms with van der Waals surface area (Å²) in [6.45, 7) is 2.22. The molecule has 0 saturated heterocycles. The maximum Gasteiger partial charge on any atom is -0.0134 e. The quantitative estimate of drug-likeness (QED) is 0.399. The molecule has 3 aromatic carbocycles. The lowest BCUT2D eigenvalue weighted by atomic mass is 10.3. The van der Waals surface area contributed by atoms with E-state index >= 15 is 0 Å². The van der Waals surface area contributed by atoms with Gasteiger partial charge in [-0.25, -0.2) is 0 Å². The van der Waals surface area contributed by atoms with Gasteiger partial charge in [-0.05, 0) is 36.4 Å². The number of rotatable bonds is 6. The number of unbranched alkanes of at least 4 members (excludes halogenated alkanes) is 2. The van der Waals surface area contributed by atoms with E-state index in [0.717, 1.165) is 0 Å². The smallest absolute Gasteiger partial charge is 0.0134 e. The summed E-state index contributed by atoms with van der Waals surface area (Å²) in [5, 5.41) is 4.19. The molecule has 25 heavy (non-hydrogen) atoms. The van der Waals surface area contributed by atoms with Crippen molar-refractivity contribution < 1.29 is 0 Å². The molecule has 0 aromatic heterocycles. The van der Waals surface area contributed by atoms with Gasteiger partial charge in [0.1, 0.15) is 0 Å². The minimum Gasteiger partial charge on any atom is -0.138 e. The molecule has 0 aliphatic heterocycles. The fourth-order valence-electron chi connectivity index (χ4n) is 2.57. The van der Waals surface area contributed by atoms with Crippen molar-refractivity contribution in [2.45, 2.75) is 26.2 Å². The Morgan fingerprint density at radius 2 is 0.960 bits per heavy atom. The summed E-state index contributed by atoms with van der Waals surface area (Å²) in [6.07, 6.45) is 5.38. The highest BCUT2D eigenvalue weighted by atomic mass is 31.1. The monoisotopic (exact) mass is 366 g/mol. The molecule has 3 aromatic rings. The van der Waals surface area contributed by atoms with Crippen LogP contribution in [0.4, 0.5) is 0 Å². The van der Waals surface area contributed by atoms with Crippen LogP contribution in [0.15, 0.2) is 91.0 Å². The third-order valence-corrected chi connectivity index (χ3v) is 6.70. The van der Waals surface area contributed by atoms with Crippen LogP contribution in [0, 0.1) is 0 Å². The standard InChI is InChI=1S/C18H15P.C5H13P/c1-4-10-16(11-5-1)19(17-12-6-2-7-13-17)18-14-8-3-9-15-18;1-2-3-4-5-6/h1-15H;2-6H2,1H3. The molecule has 0 amide bonds. The highest BCUT2D eigenvalue weighted by molar-refractivity contribution is 7.79. The zero-order valence-corrected chi connectivity index (χ0v) is 17.1. The van der Waals surface area contributed by atoms with Crippen LogP contribution < -0.4 is 15.9 Å². The van der Waals surface area contributed by atoms with E-state index in [1.165, 1.54) is 41.3 Å². The number of benzene rings is 3. The van der Waals surface area contributed by atoms with E-state index in [1.54, 1.807) is 0 Å². The van der Waals surface area contributed by atoms with E-state index in [2.05, 4.69) is 107 Å². The first-order chi connectivity index (χ1) is 12.4. The normalized spacial score (nSPS) is 10.2. The Morgan fingerprint density at radius 1 is 0.600 bits per heavy atom. The molecular weight excluding hydrogens is 338 g/mol. The van der Waals surface area contributed by atoms with E-state index < -0.39 is 7.92 Å². The molecule has 0 fully saturated rings. The van der Waals surface area contributed by atoms with Crippen LogP contribution in [0.25, 0.3) is 0 Å². The number of hydrogen-bond acceptors (Lipinski definition) is 0. The second-order valence-electron chi connectivity index (χ2n) is 5.84. The molecule has 0 saturated carbocycles. The van der Waals surface area contributed by atoms with Crippen molar-refractivity contribution in [1.29, 1.82) is 0 Å². The van der Waals surface area contributed by atoms with Crippen LogP contribution in [0.1, 0.15) is 26.2 Å². The average molecular weight is 366 g/mol. The fraction of sp³-hybridized carbons (Fsp3) is 0.217. The second-order valence-corrected chi connectivity index (χ2v) is 8.64. The van der Waals surface area contributed by atoms with Crippen molar-refractivity contribution in [3.8, 4) is 0 Å². The first kappa shape index (κ1) is 19.8. The summed E-state index contributed by atoms with van der Waals surface area (Å²) in [7, 11) is 2.28. The van der Waals surface area contributed by atoms with E-state index in [4.69, 9.17) is 0 Å². The fourth-order valence-corrected chi connectivity index (χ4v) is 5.17. The van der Waals surface area contributed by atoms with E-state index in [0.29, 0.717) is 0 Å². The Bertz CT molecular complexity index is 583. The lowest BCUT2D eigenvalue weighted by Crippen LogP contribution is -2.20. The van der Waals surface area contributed by atoms with Gasteiger partial charge in [-0.2, -0.15) is 0 Å². The maximum absolute atomic E-state index is 2.73. The van der Waals surface area contributed by atoms with Gasteiger partial charge in [-0.1, -0.05) is 111 Å². The predicted octanol–water partition coefficient (Wildman–Crippen LogP) is 5.50. The molecule has 0 nitrogen and oxygen atoms in total. The maximum atomic E-state index is 2.73. The van der Waals surface area contributed by atoms with Gasteiger partial charge in [0, 0.05) is 0 Å². The van der Waals surface area contributed by atoms with Crippen molar-refractivity contribution in [1.82, 2.24) is 0 Å². The molecule has 0 radical (unpaired) electrons. The summed E-state index contributed by atoms with van der Waals surface area (Å²) in [6, 6.07) is 32.3. The lowest BCUT2D eigenvalue weighted by molar-refractivity contribution is 0.779. The van der Waals surface area contributed by atoms with Gasteiger partial charge in [0.2, 0.25) is 0 Å². The first-order valence-electron chi connectivity index (χ1n) is 9.02. The highest BCUT2D eigenvalue weighted by Crippen LogP contribution is 2.32. The summed E-state index contributed by atoms with van der Waals surface area (Å²) in [5.74, 6) is 0. The molecule has 1 unspecified atom stereocenters. The zero-order valence-electron chi connectivity index (χ0n) is 15.0. The van der Waals surface area contributed by atoms with Crippen molar-refractivity contribution in [3.63, 3.8) is 0 Å². The largest absolute Gasteiger partial charge is 0.138 e. The van der Waals surface area contributed by atoms with E-state index in [-0.39, 0.29) is 0 Å². The van der Waals surface area contributed by atoms with Crippen LogP contribution in [0.2, 0.25) is 0 Å². The highest BCUT2D eigenvalue weighted by Gasteiger charge is 2.14. The van der Waals surface area contributed by atoms with Crippen LogP contribution >= 0.6 is 17.2 Å². The van der Waals surface area contributed by atoms with Crippen molar-refractivity contribution in [2.24, 2.45) is 0 Å². The SMILES string of the molecule is CCCCCP.c1ccc(P(c2ccccc2)c2ccccc2)cc1. The molecule has 0 bridgehead atoms. The van der Waals surface area contributed by atoms with Gasteiger partial charge in [0.25, 0.3) is 0 Å². The lowest BCUT2D eigenvalue weighted by Gasteiger charge is -2.18. The molecule has 3 rings (SSSR count). The third kappa shape index (κ3) is 6.74. The minimum atomic E-state index is -0.446. The van der Waals surface area contributed by atoms with Gasteiger partial charge >= 0.3 is 0 Å². The molecule has 1 atom stereocenters. The van der Waals surface area contributed by atoms with Gasteiger partial charge in [-0.15, -0.1) is 9.24 Å². The van der Waals surface area contributed by atoms with Crippen LogP contribution in [-0.2, 0) is 0 Å². The average Bonchev–Trinajstić information content (AvgIpc) is 2.70. The van der Waals surface area contributed by atoms with Crippen molar-refractivity contribution in [2.75, 3.05) is 6.16 Å². The molecule has 0 aliphatic rings. The molecule has 0 N–H and O–H groups in total. The van der Waals surface area contributed by atoms with Gasteiger partial charge < -0.3 is 0 Å². The summed E-state index contributed by atoms with van der Waals surface area (Å²) in [5.41, 5.74) is 0. The van der Waals surface area contributed by atoms with Crippen LogP contribution in [0.3, 0.4) is 0 Å². The van der Waals surface area contributed by atoms with Crippen LogP contribution in [0.5, 0.6) is 0 Å². The van der Waals surface area contributed by atoms with Crippen LogP contribution in [-0.4, -0.2) is 6.16 Å². The Labute approximate surface area is 156 Å².